The van der Waals surface area contributed by atoms with Gasteiger partial charge in [0.25, 0.3) is 0 Å². The van der Waals surface area contributed by atoms with Crippen molar-refractivity contribution >= 4 is 39.2 Å². The van der Waals surface area contributed by atoms with E-state index in [0.29, 0.717) is 26.2 Å². The molecule has 5 nitrogen and oxygen atoms in total. The van der Waals surface area contributed by atoms with Crippen LogP contribution < -0.4 is 10.2 Å². The van der Waals surface area contributed by atoms with Crippen LogP contribution in [0, 0.1) is 11.6 Å². The number of piperazine rings is 1. The smallest absolute Gasteiger partial charge is 0.322 e. The van der Waals surface area contributed by atoms with Gasteiger partial charge in [-0.2, -0.15) is 4.37 Å². The molecule has 0 radical (unpaired) electrons. The van der Waals surface area contributed by atoms with Crippen LogP contribution >= 0.6 is 11.5 Å². The summed E-state index contributed by atoms with van der Waals surface area (Å²) >= 11 is 1.46. The minimum atomic E-state index is -0.786. The topological polar surface area (TPSA) is 48.5 Å². The van der Waals surface area contributed by atoms with Crippen LogP contribution in [0.3, 0.4) is 0 Å². The van der Waals surface area contributed by atoms with E-state index in [9.17, 15) is 13.6 Å². The molecule has 1 aliphatic rings. The lowest BCUT2D eigenvalue weighted by molar-refractivity contribution is 0.208. The maximum absolute atomic E-state index is 13.7. The number of aromatic nitrogens is 1. The van der Waals surface area contributed by atoms with E-state index in [1.807, 2.05) is 24.3 Å². The highest BCUT2D eigenvalue weighted by molar-refractivity contribution is 7.13. The zero-order valence-electron chi connectivity index (χ0n) is 13.8. The zero-order valence-corrected chi connectivity index (χ0v) is 14.6. The summed E-state index contributed by atoms with van der Waals surface area (Å²) in [5.74, 6) is -0.522. The molecule has 2 heterocycles. The van der Waals surface area contributed by atoms with Crippen molar-refractivity contribution < 1.29 is 13.6 Å². The first kappa shape index (κ1) is 16.7. The lowest BCUT2D eigenvalue weighted by Crippen LogP contribution is -2.50. The molecule has 0 saturated carbocycles. The Kier molecular flexibility index (Phi) is 4.42. The van der Waals surface area contributed by atoms with Gasteiger partial charge in [-0.15, -0.1) is 0 Å². The summed E-state index contributed by atoms with van der Waals surface area (Å²) < 4.78 is 32.3. The van der Waals surface area contributed by atoms with Crippen molar-refractivity contribution in [2.75, 3.05) is 36.4 Å². The standard InChI is InChI=1S/C18H16F2N4OS/c19-12-5-6-15(14(20)11-12)21-18(25)24-9-7-23(8-10-24)17-13-3-1-2-4-16(13)26-22-17/h1-6,11H,7-10H2,(H,21,25). The molecule has 1 saturated heterocycles. The first-order valence-electron chi connectivity index (χ1n) is 8.22. The van der Waals surface area contributed by atoms with Gasteiger partial charge in [0, 0.05) is 37.6 Å². The number of carbonyl (C=O) groups is 1. The van der Waals surface area contributed by atoms with E-state index in [-0.39, 0.29) is 5.69 Å². The maximum atomic E-state index is 13.7. The molecule has 1 aliphatic heterocycles. The average Bonchev–Trinajstić information content (AvgIpc) is 3.08. The third-order valence-electron chi connectivity index (χ3n) is 4.40. The van der Waals surface area contributed by atoms with Gasteiger partial charge in [0.15, 0.2) is 0 Å². The van der Waals surface area contributed by atoms with E-state index in [2.05, 4.69) is 14.6 Å². The SMILES string of the molecule is O=C(Nc1ccc(F)cc1F)N1CCN(c2nsc3ccccc23)CC1. The molecule has 26 heavy (non-hydrogen) atoms. The summed E-state index contributed by atoms with van der Waals surface area (Å²) in [4.78, 5) is 16.1. The summed E-state index contributed by atoms with van der Waals surface area (Å²) in [6.07, 6.45) is 0. The largest absolute Gasteiger partial charge is 0.352 e. The van der Waals surface area contributed by atoms with Crippen LogP contribution in [0.1, 0.15) is 0 Å². The number of urea groups is 1. The Hall–Kier alpha value is -2.74. The van der Waals surface area contributed by atoms with E-state index in [4.69, 9.17) is 0 Å². The van der Waals surface area contributed by atoms with Gasteiger partial charge in [-0.05, 0) is 35.8 Å². The lowest BCUT2D eigenvalue weighted by Gasteiger charge is -2.35. The first-order valence-corrected chi connectivity index (χ1v) is 8.99. The summed E-state index contributed by atoms with van der Waals surface area (Å²) in [5.41, 5.74) is -0.0238. The highest BCUT2D eigenvalue weighted by atomic mass is 32.1. The fourth-order valence-corrected chi connectivity index (χ4v) is 3.80. The summed E-state index contributed by atoms with van der Waals surface area (Å²) in [7, 11) is 0. The predicted molar refractivity (Wildman–Crippen MR) is 98.8 cm³/mol. The highest BCUT2D eigenvalue weighted by Gasteiger charge is 2.24. The van der Waals surface area contributed by atoms with Crippen LogP contribution in [0.5, 0.6) is 0 Å². The Morgan fingerprint density at radius 1 is 1.08 bits per heavy atom. The van der Waals surface area contributed by atoms with Crippen LogP contribution in [0.4, 0.5) is 25.1 Å². The van der Waals surface area contributed by atoms with Crippen molar-refractivity contribution in [1.82, 2.24) is 9.27 Å². The van der Waals surface area contributed by atoms with Gasteiger partial charge < -0.3 is 15.1 Å². The number of fused-ring (bicyclic) bond motifs is 1. The van der Waals surface area contributed by atoms with Crippen LogP contribution in [0.15, 0.2) is 42.5 Å². The predicted octanol–water partition coefficient (Wildman–Crippen LogP) is 3.93. The molecule has 3 aromatic rings. The molecule has 2 aromatic carbocycles. The second-order valence-corrected chi connectivity index (χ2v) is 6.84. The third-order valence-corrected chi connectivity index (χ3v) is 5.21. The van der Waals surface area contributed by atoms with Crippen molar-refractivity contribution in [3.05, 3.63) is 54.1 Å². The number of hydrogen-bond donors (Lipinski definition) is 1. The molecule has 0 spiro atoms. The summed E-state index contributed by atoms with van der Waals surface area (Å²) in [6.45, 7) is 2.29. The fourth-order valence-electron chi connectivity index (χ4n) is 3.01. The molecular weight excluding hydrogens is 358 g/mol. The van der Waals surface area contributed by atoms with Gasteiger partial charge in [-0.3, -0.25) is 0 Å². The van der Waals surface area contributed by atoms with Crippen molar-refractivity contribution in [3.8, 4) is 0 Å². The third kappa shape index (κ3) is 3.20. The number of halogens is 2. The quantitative estimate of drug-likeness (QED) is 0.739. The number of carbonyl (C=O) groups excluding carboxylic acids is 1. The molecule has 8 heteroatoms. The Morgan fingerprint density at radius 2 is 1.85 bits per heavy atom. The van der Waals surface area contributed by atoms with E-state index < -0.39 is 17.7 Å². The van der Waals surface area contributed by atoms with Crippen molar-refractivity contribution in [2.45, 2.75) is 0 Å². The molecule has 2 amide bonds. The monoisotopic (exact) mass is 374 g/mol. The molecule has 4 rings (SSSR count). The van der Waals surface area contributed by atoms with Crippen LogP contribution in [-0.4, -0.2) is 41.5 Å². The van der Waals surface area contributed by atoms with Crippen LogP contribution in [-0.2, 0) is 0 Å². The van der Waals surface area contributed by atoms with Gasteiger partial charge in [-0.1, -0.05) is 12.1 Å². The second-order valence-electron chi connectivity index (χ2n) is 6.03. The second kappa shape index (κ2) is 6.87. The maximum Gasteiger partial charge on any atom is 0.322 e. The number of amides is 2. The Morgan fingerprint density at radius 3 is 2.62 bits per heavy atom. The molecule has 0 unspecified atom stereocenters. The van der Waals surface area contributed by atoms with Gasteiger partial charge >= 0.3 is 6.03 Å². The first-order chi connectivity index (χ1) is 12.6. The lowest BCUT2D eigenvalue weighted by atomic mass is 10.2. The molecule has 1 aromatic heterocycles. The fraction of sp³-hybridized carbons (Fsp3) is 0.222. The van der Waals surface area contributed by atoms with Crippen molar-refractivity contribution in [2.24, 2.45) is 0 Å². The highest BCUT2D eigenvalue weighted by Crippen LogP contribution is 2.29. The average molecular weight is 374 g/mol. The zero-order chi connectivity index (χ0) is 18.1. The van der Waals surface area contributed by atoms with E-state index in [1.54, 1.807) is 4.90 Å². The number of hydrogen-bond acceptors (Lipinski definition) is 4. The van der Waals surface area contributed by atoms with Gasteiger partial charge in [0.05, 0.1) is 10.4 Å². The molecular formula is C18H16F2N4OS. The molecule has 134 valence electrons. The molecule has 0 aliphatic carbocycles. The molecule has 1 fully saturated rings. The van der Waals surface area contributed by atoms with Gasteiger partial charge in [0.1, 0.15) is 17.5 Å². The normalized spacial score (nSPS) is 14.7. The van der Waals surface area contributed by atoms with E-state index in [1.165, 1.54) is 17.6 Å². The van der Waals surface area contributed by atoms with Gasteiger partial charge in [-0.25, -0.2) is 13.6 Å². The Bertz CT molecular complexity index is 953. The summed E-state index contributed by atoms with van der Waals surface area (Å²) in [5, 5.41) is 3.61. The molecule has 0 atom stereocenters. The van der Waals surface area contributed by atoms with E-state index >= 15 is 0 Å². The Labute approximate surface area is 153 Å². The number of anilines is 2. The van der Waals surface area contributed by atoms with Crippen LogP contribution in [0.25, 0.3) is 10.1 Å². The number of benzene rings is 2. The van der Waals surface area contributed by atoms with Gasteiger partial charge in [0.2, 0.25) is 0 Å². The summed E-state index contributed by atoms with van der Waals surface area (Å²) in [6, 6.07) is 10.8. The number of nitrogens with one attached hydrogen (secondary N) is 1. The van der Waals surface area contributed by atoms with Crippen molar-refractivity contribution in [1.29, 1.82) is 0 Å². The minimum Gasteiger partial charge on any atom is -0.352 e. The van der Waals surface area contributed by atoms with Crippen molar-refractivity contribution in [3.63, 3.8) is 0 Å². The minimum absolute atomic E-state index is 0.0238. The molecule has 0 bridgehead atoms. The number of nitrogens with zero attached hydrogens (tertiary/aromatic N) is 3. The molecule has 1 N–H and O–H groups in total. The Balaban J connectivity index is 1.41. The van der Waals surface area contributed by atoms with Crippen LogP contribution in [0.2, 0.25) is 0 Å². The van der Waals surface area contributed by atoms with E-state index in [0.717, 1.165) is 28.0 Å². The number of rotatable bonds is 2.